The van der Waals surface area contributed by atoms with Crippen molar-refractivity contribution in [3.63, 3.8) is 0 Å². The van der Waals surface area contributed by atoms with Crippen molar-refractivity contribution in [2.45, 2.75) is 31.3 Å². The maximum atomic E-state index is 13.9. The van der Waals surface area contributed by atoms with Crippen LogP contribution in [0.25, 0.3) is 0 Å². The molecule has 10 heteroatoms. The number of amides is 3. The third-order valence-corrected chi connectivity index (χ3v) is 7.92. The van der Waals surface area contributed by atoms with Gasteiger partial charge in [-0.25, -0.2) is 4.90 Å². The van der Waals surface area contributed by atoms with Crippen LogP contribution in [0.3, 0.4) is 0 Å². The van der Waals surface area contributed by atoms with Gasteiger partial charge in [0.15, 0.2) is 0 Å². The molecule has 2 aromatic carbocycles. The third kappa shape index (κ3) is 2.33. The van der Waals surface area contributed by atoms with Gasteiger partial charge in [0, 0.05) is 23.7 Å². The van der Waals surface area contributed by atoms with Crippen molar-refractivity contribution in [2.75, 3.05) is 16.8 Å². The van der Waals surface area contributed by atoms with Crippen molar-refractivity contribution in [1.82, 2.24) is 4.90 Å². The number of hydrogen-bond donors (Lipinski definition) is 1. The summed E-state index contributed by atoms with van der Waals surface area (Å²) in [4.78, 5) is 55.0. The molecule has 0 radical (unpaired) electrons. The molecule has 3 amide bonds. The molecule has 3 saturated heterocycles. The SMILES string of the molecule is Cc1cc([N+](=O)[O-])ccc1N1C(=O)C2C3CCCN3C3(C(=O)Nc4c(Cl)cccc43)C2C1=O. The number of carbonyl (C=O) groups excluding carboxylic acids is 3. The Kier molecular flexibility index (Phi) is 4.07. The van der Waals surface area contributed by atoms with E-state index in [1.54, 1.807) is 25.1 Å². The van der Waals surface area contributed by atoms with Crippen LogP contribution in [0.4, 0.5) is 17.1 Å². The van der Waals surface area contributed by atoms with E-state index in [9.17, 15) is 24.5 Å². The minimum absolute atomic E-state index is 0.118. The van der Waals surface area contributed by atoms with Gasteiger partial charge in [0.25, 0.3) is 11.6 Å². The number of nitrogens with zero attached hydrogens (tertiary/aromatic N) is 3. The van der Waals surface area contributed by atoms with Gasteiger partial charge in [-0.05, 0) is 44.0 Å². The third-order valence-electron chi connectivity index (χ3n) is 7.61. The summed E-state index contributed by atoms with van der Waals surface area (Å²) in [5.74, 6) is -2.73. The lowest BCUT2D eigenvalue weighted by Gasteiger charge is -2.36. The smallest absolute Gasteiger partial charge is 0.269 e. The van der Waals surface area contributed by atoms with Crippen LogP contribution in [0.5, 0.6) is 0 Å². The Morgan fingerprint density at radius 2 is 1.97 bits per heavy atom. The van der Waals surface area contributed by atoms with E-state index < -0.39 is 28.2 Å². The number of imide groups is 1. The number of aryl methyl sites for hydroxylation is 1. The van der Waals surface area contributed by atoms with Gasteiger partial charge < -0.3 is 5.32 Å². The average molecular weight is 467 g/mol. The lowest BCUT2D eigenvalue weighted by Crippen LogP contribution is -2.54. The topological polar surface area (TPSA) is 113 Å². The van der Waals surface area contributed by atoms with Crippen LogP contribution < -0.4 is 10.2 Å². The van der Waals surface area contributed by atoms with Crippen LogP contribution in [-0.2, 0) is 19.9 Å². The van der Waals surface area contributed by atoms with Crippen LogP contribution >= 0.6 is 11.6 Å². The minimum Gasteiger partial charge on any atom is -0.323 e. The molecule has 168 valence electrons. The number of nitro benzene ring substituents is 1. The van der Waals surface area contributed by atoms with Crippen LogP contribution in [0, 0.1) is 28.9 Å². The largest absolute Gasteiger partial charge is 0.323 e. The number of nitrogens with one attached hydrogen (secondary N) is 1. The van der Waals surface area contributed by atoms with E-state index >= 15 is 0 Å². The maximum Gasteiger partial charge on any atom is 0.269 e. The van der Waals surface area contributed by atoms with E-state index in [-0.39, 0.29) is 23.5 Å². The molecular weight excluding hydrogens is 448 g/mol. The zero-order chi connectivity index (χ0) is 23.2. The fourth-order valence-corrected chi connectivity index (χ4v) is 6.66. The van der Waals surface area contributed by atoms with Gasteiger partial charge in [-0.1, -0.05) is 23.7 Å². The Labute approximate surface area is 193 Å². The molecular formula is C23H19ClN4O5. The van der Waals surface area contributed by atoms with E-state index in [2.05, 4.69) is 5.32 Å². The minimum atomic E-state index is -1.30. The molecule has 0 bridgehead atoms. The lowest BCUT2D eigenvalue weighted by molar-refractivity contribution is -0.384. The molecule has 4 aliphatic heterocycles. The number of nitro groups is 1. The summed E-state index contributed by atoms with van der Waals surface area (Å²) in [7, 11) is 0. The van der Waals surface area contributed by atoms with E-state index in [0.29, 0.717) is 40.5 Å². The van der Waals surface area contributed by atoms with E-state index in [1.165, 1.54) is 18.2 Å². The van der Waals surface area contributed by atoms with Crippen molar-refractivity contribution in [2.24, 2.45) is 11.8 Å². The summed E-state index contributed by atoms with van der Waals surface area (Å²) in [6.45, 7) is 2.24. The average Bonchev–Trinajstić information content (AvgIpc) is 3.48. The molecule has 9 nitrogen and oxygen atoms in total. The van der Waals surface area contributed by atoms with Gasteiger partial charge in [0.1, 0.15) is 5.54 Å². The summed E-state index contributed by atoms with van der Waals surface area (Å²) in [6, 6.07) is 9.05. The lowest BCUT2D eigenvalue weighted by atomic mass is 9.75. The molecule has 4 atom stereocenters. The number of non-ortho nitro benzene ring substituents is 1. The van der Waals surface area contributed by atoms with Gasteiger partial charge in [0.05, 0.1) is 33.2 Å². The zero-order valence-corrected chi connectivity index (χ0v) is 18.3. The van der Waals surface area contributed by atoms with Gasteiger partial charge in [-0.2, -0.15) is 0 Å². The molecule has 1 spiro atoms. The second-order valence-corrected chi connectivity index (χ2v) is 9.44. The highest BCUT2D eigenvalue weighted by atomic mass is 35.5. The molecule has 2 aromatic rings. The van der Waals surface area contributed by atoms with Crippen LogP contribution in [0.1, 0.15) is 24.0 Å². The quantitative estimate of drug-likeness (QED) is 0.413. The molecule has 33 heavy (non-hydrogen) atoms. The number of rotatable bonds is 2. The van der Waals surface area contributed by atoms with Crippen LogP contribution in [-0.4, -0.2) is 40.1 Å². The number of benzene rings is 2. The normalized spacial score (nSPS) is 30.1. The van der Waals surface area contributed by atoms with Gasteiger partial charge in [-0.15, -0.1) is 0 Å². The molecule has 0 aliphatic carbocycles. The summed E-state index contributed by atoms with van der Waals surface area (Å²) in [5.41, 5.74) is 0.454. The predicted molar refractivity (Wildman–Crippen MR) is 119 cm³/mol. The Hall–Kier alpha value is -3.30. The van der Waals surface area contributed by atoms with E-state index in [0.717, 1.165) is 11.3 Å². The standard InChI is InChI=1S/C23H19ClN4O5/c1-11-10-12(28(32)33)7-8-15(11)27-20(29)17-16-6-3-9-26(16)23(18(17)21(27)30)13-4-2-5-14(24)19(13)25-22(23)31/h2,4-5,7-8,10,16-18H,3,6,9H2,1H3,(H,25,31). The van der Waals surface area contributed by atoms with Crippen LogP contribution in [0.15, 0.2) is 36.4 Å². The molecule has 0 aromatic heterocycles. The number of halogens is 1. The number of hydrogen-bond acceptors (Lipinski definition) is 6. The molecule has 3 fully saturated rings. The second kappa shape index (κ2) is 6.61. The molecule has 6 rings (SSSR count). The Morgan fingerprint density at radius 3 is 2.70 bits per heavy atom. The number of anilines is 2. The molecule has 4 unspecified atom stereocenters. The predicted octanol–water partition coefficient (Wildman–Crippen LogP) is 2.99. The number of carbonyl (C=O) groups is 3. The summed E-state index contributed by atoms with van der Waals surface area (Å²) in [6.07, 6.45) is 1.52. The van der Waals surface area contributed by atoms with Gasteiger partial charge in [-0.3, -0.25) is 29.4 Å². The zero-order valence-electron chi connectivity index (χ0n) is 17.6. The van der Waals surface area contributed by atoms with Crippen molar-refractivity contribution >= 4 is 46.4 Å². The summed E-state index contributed by atoms with van der Waals surface area (Å²) in [5, 5.41) is 14.4. The highest BCUT2D eigenvalue weighted by Crippen LogP contribution is 2.61. The molecule has 4 heterocycles. The summed E-state index contributed by atoms with van der Waals surface area (Å²) < 4.78 is 0. The van der Waals surface area contributed by atoms with Gasteiger partial charge in [0.2, 0.25) is 11.8 Å². The van der Waals surface area contributed by atoms with Crippen molar-refractivity contribution in [3.8, 4) is 0 Å². The first kappa shape index (κ1) is 20.3. The fraction of sp³-hybridized carbons (Fsp3) is 0.348. The Balaban J connectivity index is 1.53. The maximum absolute atomic E-state index is 13.9. The highest BCUT2D eigenvalue weighted by molar-refractivity contribution is 6.35. The molecule has 0 saturated carbocycles. The van der Waals surface area contributed by atoms with E-state index in [1.807, 2.05) is 4.90 Å². The Bertz CT molecular complexity index is 1300. The first-order valence-corrected chi connectivity index (χ1v) is 11.2. The van der Waals surface area contributed by atoms with Crippen molar-refractivity contribution < 1.29 is 19.3 Å². The molecule has 1 N–H and O–H groups in total. The monoisotopic (exact) mass is 466 g/mol. The first-order valence-electron chi connectivity index (χ1n) is 10.8. The highest BCUT2D eigenvalue weighted by Gasteiger charge is 2.74. The second-order valence-electron chi connectivity index (χ2n) is 9.03. The van der Waals surface area contributed by atoms with Gasteiger partial charge >= 0.3 is 0 Å². The number of para-hydroxylation sites is 1. The fourth-order valence-electron chi connectivity index (χ4n) is 6.44. The molecule has 4 aliphatic rings. The van der Waals surface area contributed by atoms with Crippen molar-refractivity contribution in [3.05, 3.63) is 62.7 Å². The van der Waals surface area contributed by atoms with Crippen LogP contribution in [0.2, 0.25) is 5.02 Å². The van der Waals surface area contributed by atoms with E-state index in [4.69, 9.17) is 11.6 Å². The Morgan fingerprint density at radius 1 is 1.18 bits per heavy atom. The first-order chi connectivity index (χ1) is 15.8. The van der Waals surface area contributed by atoms with Crippen molar-refractivity contribution in [1.29, 1.82) is 0 Å². The summed E-state index contributed by atoms with van der Waals surface area (Å²) >= 11 is 6.38. The number of fused-ring (bicyclic) bond motifs is 7.